The Morgan fingerprint density at radius 1 is 1.27 bits per heavy atom. The molecular formula is C23H25F2N5O3. The maximum absolute atomic E-state index is 13.4. The number of amides is 3. The molecule has 0 radical (unpaired) electrons. The molecule has 10 heteroatoms. The first-order valence-electron chi connectivity index (χ1n) is 10.5. The highest BCUT2D eigenvalue weighted by Crippen LogP contribution is 2.33. The summed E-state index contributed by atoms with van der Waals surface area (Å²) < 4.78 is 30.2. The Balaban J connectivity index is 1.92. The van der Waals surface area contributed by atoms with Crippen LogP contribution in [0, 0.1) is 18.3 Å². The van der Waals surface area contributed by atoms with Crippen LogP contribution >= 0.6 is 0 Å². The topological polar surface area (TPSA) is 98.6 Å². The molecule has 2 aromatic rings. The first-order valence-corrected chi connectivity index (χ1v) is 10.5. The van der Waals surface area contributed by atoms with Crippen molar-refractivity contribution >= 4 is 23.3 Å². The quantitative estimate of drug-likeness (QED) is 0.669. The number of nitrogens with zero attached hydrogens (tertiary/aromatic N) is 4. The van der Waals surface area contributed by atoms with Crippen LogP contribution in [0.2, 0.25) is 0 Å². The van der Waals surface area contributed by atoms with Crippen molar-refractivity contribution in [3.05, 3.63) is 47.7 Å². The summed E-state index contributed by atoms with van der Waals surface area (Å²) in [5.74, 6) is -0.580. The number of alkyl halides is 2. The largest absolute Gasteiger partial charge is 0.415 e. The van der Waals surface area contributed by atoms with E-state index in [1.165, 1.54) is 15.9 Å². The van der Waals surface area contributed by atoms with Gasteiger partial charge in [-0.25, -0.2) is 9.78 Å². The van der Waals surface area contributed by atoms with E-state index in [4.69, 9.17) is 5.26 Å². The lowest BCUT2D eigenvalue weighted by Gasteiger charge is -2.45. The summed E-state index contributed by atoms with van der Waals surface area (Å²) in [7, 11) is 0. The van der Waals surface area contributed by atoms with Gasteiger partial charge in [-0.2, -0.15) is 14.0 Å². The lowest BCUT2D eigenvalue weighted by molar-refractivity contribution is -0.134. The van der Waals surface area contributed by atoms with Crippen LogP contribution in [-0.4, -0.2) is 47.6 Å². The van der Waals surface area contributed by atoms with Crippen LogP contribution in [0.4, 0.5) is 25.0 Å². The van der Waals surface area contributed by atoms with Crippen molar-refractivity contribution in [3.63, 3.8) is 0 Å². The van der Waals surface area contributed by atoms with E-state index in [0.717, 1.165) is 5.56 Å². The molecule has 0 spiro atoms. The fourth-order valence-corrected chi connectivity index (χ4v) is 3.65. The van der Waals surface area contributed by atoms with E-state index in [0.29, 0.717) is 11.4 Å². The minimum absolute atomic E-state index is 0.00895. The van der Waals surface area contributed by atoms with Crippen LogP contribution in [-0.2, 0) is 4.79 Å². The Morgan fingerprint density at radius 2 is 1.97 bits per heavy atom. The van der Waals surface area contributed by atoms with Gasteiger partial charge >= 0.3 is 12.6 Å². The summed E-state index contributed by atoms with van der Waals surface area (Å²) in [5.41, 5.74) is 2.03. The van der Waals surface area contributed by atoms with Crippen LogP contribution in [0.5, 0.6) is 5.88 Å². The van der Waals surface area contributed by atoms with E-state index in [9.17, 15) is 18.4 Å². The summed E-state index contributed by atoms with van der Waals surface area (Å²) in [6.07, 6.45) is -0.231. The molecule has 1 aromatic heterocycles. The SMILES string of the molecule is Cc1ccc(NC(=O)N(c2ccccc2C(C)C)C2CN(C(=O)CC#N)C2)c(OC(F)F)n1. The second kappa shape index (κ2) is 10.3. The Bertz CT molecular complexity index is 1060. The Morgan fingerprint density at radius 3 is 2.61 bits per heavy atom. The van der Waals surface area contributed by atoms with E-state index >= 15 is 0 Å². The number of rotatable bonds is 7. The molecule has 1 aliphatic rings. The number of pyridine rings is 1. The number of nitrogens with one attached hydrogen (secondary N) is 1. The highest BCUT2D eigenvalue weighted by Gasteiger charge is 2.39. The number of aryl methyl sites for hydroxylation is 1. The third-order valence-electron chi connectivity index (χ3n) is 5.29. The molecule has 0 unspecified atom stereocenters. The van der Waals surface area contributed by atoms with Gasteiger partial charge in [0.1, 0.15) is 12.1 Å². The number of carbonyl (C=O) groups excluding carboxylic acids is 2. The smallest absolute Gasteiger partial charge is 0.388 e. The Kier molecular flexibility index (Phi) is 7.43. The molecule has 1 aliphatic heterocycles. The second-order valence-corrected chi connectivity index (χ2v) is 7.98. The summed E-state index contributed by atoms with van der Waals surface area (Å²) in [4.78, 5) is 32.5. The lowest BCUT2D eigenvalue weighted by atomic mass is 9.98. The maximum Gasteiger partial charge on any atom is 0.388 e. The average Bonchev–Trinajstić information content (AvgIpc) is 2.71. The number of aromatic nitrogens is 1. The number of hydrogen-bond donors (Lipinski definition) is 1. The van der Waals surface area contributed by atoms with Gasteiger partial charge in [0.15, 0.2) is 0 Å². The molecule has 0 aliphatic carbocycles. The van der Waals surface area contributed by atoms with Crippen LogP contribution in [0.15, 0.2) is 36.4 Å². The van der Waals surface area contributed by atoms with Gasteiger partial charge in [-0.15, -0.1) is 0 Å². The number of carbonyl (C=O) groups is 2. The zero-order valence-corrected chi connectivity index (χ0v) is 18.6. The fraction of sp³-hybridized carbons (Fsp3) is 0.391. The van der Waals surface area contributed by atoms with E-state index in [2.05, 4.69) is 15.0 Å². The fourth-order valence-electron chi connectivity index (χ4n) is 3.65. The molecule has 174 valence electrons. The molecule has 2 heterocycles. The van der Waals surface area contributed by atoms with Crippen LogP contribution in [0.1, 0.15) is 37.4 Å². The number of ether oxygens (including phenoxy) is 1. The highest BCUT2D eigenvalue weighted by molar-refractivity contribution is 6.03. The molecule has 0 saturated carbocycles. The van der Waals surface area contributed by atoms with Crippen molar-refractivity contribution in [1.29, 1.82) is 5.26 Å². The number of urea groups is 1. The normalized spacial score (nSPS) is 13.5. The molecule has 33 heavy (non-hydrogen) atoms. The molecule has 0 atom stereocenters. The van der Waals surface area contributed by atoms with Gasteiger partial charge in [0.25, 0.3) is 0 Å². The third-order valence-corrected chi connectivity index (χ3v) is 5.29. The predicted molar refractivity (Wildman–Crippen MR) is 118 cm³/mol. The molecule has 3 rings (SSSR count). The van der Waals surface area contributed by atoms with E-state index < -0.39 is 12.6 Å². The summed E-state index contributed by atoms with van der Waals surface area (Å²) in [5, 5.41) is 11.4. The zero-order valence-electron chi connectivity index (χ0n) is 18.6. The van der Waals surface area contributed by atoms with E-state index in [-0.39, 0.29) is 48.9 Å². The van der Waals surface area contributed by atoms with Crippen molar-refractivity contribution in [3.8, 4) is 11.9 Å². The average molecular weight is 457 g/mol. The highest BCUT2D eigenvalue weighted by atomic mass is 19.3. The van der Waals surface area contributed by atoms with E-state index in [1.54, 1.807) is 25.1 Å². The van der Waals surface area contributed by atoms with Crippen LogP contribution in [0.25, 0.3) is 0 Å². The summed E-state index contributed by atoms with van der Waals surface area (Å²) in [6, 6.07) is 11.3. The summed E-state index contributed by atoms with van der Waals surface area (Å²) in [6.45, 7) is 3.03. The minimum atomic E-state index is -3.10. The number of para-hydroxylation sites is 1. The second-order valence-electron chi connectivity index (χ2n) is 7.98. The van der Waals surface area contributed by atoms with Crippen molar-refractivity contribution < 1.29 is 23.1 Å². The number of hydrogen-bond acceptors (Lipinski definition) is 5. The van der Waals surface area contributed by atoms with E-state index in [1.807, 2.05) is 32.0 Å². The summed E-state index contributed by atoms with van der Waals surface area (Å²) >= 11 is 0. The van der Waals surface area contributed by atoms with Gasteiger partial charge in [-0.05, 0) is 36.6 Å². The Hall–Kier alpha value is -3.74. The van der Waals surface area contributed by atoms with Crippen molar-refractivity contribution in [1.82, 2.24) is 9.88 Å². The minimum Gasteiger partial charge on any atom is -0.415 e. The van der Waals surface area contributed by atoms with Crippen molar-refractivity contribution in [2.75, 3.05) is 23.3 Å². The maximum atomic E-state index is 13.4. The van der Waals surface area contributed by atoms with Crippen molar-refractivity contribution in [2.45, 2.75) is 45.8 Å². The number of anilines is 2. The number of benzene rings is 1. The molecule has 0 bridgehead atoms. The first kappa shape index (κ1) is 23.9. The predicted octanol–water partition coefficient (Wildman–Crippen LogP) is 4.28. The molecule has 1 fully saturated rings. The molecule has 1 aromatic carbocycles. The molecule has 3 amide bonds. The zero-order chi connectivity index (χ0) is 24.1. The van der Waals surface area contributed by atoms with Gasteiger partial charge in [0.05, 0.1) is 12.1 Å². The van der Waals surface area contributed by atoms with Crippen LogP contribution < -0.4 is 15.0 Å². The first-order chi connectivity index (χ1) is 15.7. The Labute approximate surface area is 190 Å². The standard InChI is InChI=1S/C23H25F2N5O3/c1-14(2)17-6-4-5-7-19(17)30(16-12-29(13-16)20(31)10-11-26)23(32)28-18-9-8-15(3)27-21(18)33-22(24)25/h4-9,14,16,22H,10,12-13H2,1-3H3,(H,28,32). The van der Waals surface area contributed by atoms with Gasteiger partial charge < -0.3 is 15.0 Å². The lowest BCUT2D eigenvalue weighted by Crippen LogP contribution is -2.63. The molecule has 1 N–H and O–H groups in total. The van der Waals surface area contributed by atoms with Crippen molar-refractivity contribution in [2.24, 2.45) is 0 Å². The number of nitriles is 1. The van der Waals surface area contributed by atoms with Gasteiger partial charge in [0, 0.05) is 24.5 Å². The third kappa shape index (κ3) is 5.55. The van der Waals surface area contributed by atoms with Crippen LogP contribution in [0.3, 0.4) is 0 Å². The number of halogens is 2. The molecule has 1 saturated heterocycles. The number of likely N-dealkylation sites (tertiary alicyclic amines) is 1. The van der Waals surface area contributed by atoms with Gasteiger partial charge in [-0.3, -0.25) is 9.69 Å². The van der Waals surface area contributed by atoms with Gasteiger partial charge in [0.2, 0.25) is 11.8 Å². The monoisotopic (exact) mass is 457 g/mol. The van der Waals surface area contributed by atoms with Gasteiger partial charge in [-0.1, -0.05) is 32.0 Å². The molecular weight excluding hydrogens is 432 g/mol. The molecule has 8 nitrogen and oxygen atoms in total.